The molecule has 1 heterocycles. The second-order valence-corrected chi connectivity index (χ2v) is 3.28. The maximum atomic E-state index is 11.0. The lowest BCUT2D eigenvalue weighted by Gasteiger charge is -2.08. The lowest BCUT2D eigenvalue weighted by atomic mass is 10.2. The predicted molar refractivity (Wildman–Crippen MR) is 61.5 cm³/mol. The summed E-state index contributed by atoms with van der Waals surface area (Å²) in [6.45, 7) is 0. The van der Waals surface area contributed by atoms with Crippen LogP contribution in [0.4, 0.5) is 5.69 Å². The summed E-state index contributed by atoms with van der Waals surface area (Å²) in [6, 6.07) is 7.01. The van der Waals surface area contributed by atoms with E-state index in [-0.39, 0.29) is 17.3 Å². The highest BCUT2D eigenvalue weighted by atomic mass is 16.6. The number of methoxy groups -OCH3 is 2. The molecule has 0 aliphatic carbocycles. The first kappa shape index (κ1) is 11.1. The van der Waals surface area contributed by atoms with Gasteiger partial charge in [-0.15, -0.1) is 0 Å². The first-order chi connectivity index (χ1) is 8.19. The van der Waals surface area contributed by atoms with Crippen molar-refractivity contribution >= 4 is 16.6 Å². The van der Waals surface area contributed by atoms with Crippen LogP contribution in [0.1, 0.15) is 0 Å². The summed E-state index contributed by atoms with van der Waals surface area (Å²) in [4.78, 5) is 14.5. The van der Waals surface area contributed by atoms with Crippen molar-refractivity contribution in [1.29, 1.82) is 0 Å². The average Bonchev–Trinajstić information content (AvgIpc) is 2.35. The molecule has 0 spiro atoms. The van der Waals surface area contributed by atoms with Crippen LogP contribution >= 0.6 is 0 Å². The zero-order chi connectivity index (χ0) is 12.4. The number of benzene rings is 1. The average molecular weight is 234 g/mol. The van der Waals surface area contributed by atoms with E-state index in [0.29, 0.717) is 10.9 Å². The molecule has 1 aromatic heterocycles. The van der Waals surface area contributed by atoms with Gasteiger partial charge in [0.15, 0.2) is 0 Å². The number of aromatic nitrogens is 1. The molecule has 0 amide bonds. The molecule has 0 unspecified atom stereocenters. The quantitative estimate of drug-likeness (QED) is 0.600. The summed E-state index contributed by atoms with van der Waals surface area (Å²) in [5.74, 6) is 0.114. The summed E-state index contributed by atoms with van der Waals surface area (Å²) < 4.78 is 10.0. The van der Waals surface area contributed by atoms with Crippen molar-refractivity contribution in [3.8, 4) is 11.6 Å². The van der Waals surface area contributed by atoms with Gasteiger partial charge in [-0.3, -0.25) is 10.1 Å². The topological polar surface area (TPSA) is 74.5 Å². The lowest BCUT2D eigenvalue weighted by Crippen LogP contribution is -2.00. The standard InChI is InChI=1S/C11H10N2O4/c1-16-10-7-5-3-4-6-8(7)12-11(17-2)9(10)13(14)15/h3-6H,1-2H3. The molecule has 0 saturated heterocycles. The summed E-state index contributed by atoms with van der Waals surface area (Å²) in [6.07, 6.45) is 0. The summed E-state index contributed by atoms with van der Waals surface area (Å²) in [5.41, 5.74) is 0.334. The van der Waals surface area contributed by atoms with Crippen LogP contribution in [0.5, 0.6) is 11.6 Å². The van der Waals surface area contributed by atoms with Gasteiger partial charge in [0.1, 0.15) is 0 Å². The maximum absolute atomic E-state index is 11.0. The van der Waals surface area contributed by atoms with Crippen molar-refractivity contribution < 1.29 is 14.4 Å². The van der Waals surface area contributed by atoms with Crippen LogP contribution in [0.3, 0.4) is 0 Å². The molecule has 0 N–H and O–H groups in total. The molecule has 88 valence electrons. The lowest BCUT2D eigenvalue weighted by molar-refractivity contribution is -0.386. The molecule has 0 atom stereocenters. The van der Waals surface area contributed by atoms with E-state index in [4.69, 9.17) is 9.47 Å². The number of nitro groups is 1. The summed E-state index contributed by atoms with van der Waals surface area (Å²) in [5, 5.41) is 11.6. The van der Waals surface area contributed by atoms with E-state index < -0.39 is 4.92 Å². The van der Waals surface area contributed by atoms with Crippen molar-refractivity contribution in [3.63, 3.8) is 0 Å². The second kappa shape index (κ2) is 4.25. The number of pyridine rings is 1. The molecule has 0 aliphatic heterocycles. The van der Waals surface area contributed by atoms with Gasteiger partial charge in [-0.1, -0.05) is 12.1 Å². The van der Waals surface area contributed by atoms with Gasteiger partial charge < -0.3 is 9.47 Å². The fourth-order valence-electron chi connectivity index (χ4n) is 1.66. The largest absolute Gasteiger partial charge is 0.490 e. The SMILES string of the molecule is COc1nc2ccccc2c(OC)c1[N+](=O)[O-]. The van der Waals surface area contributed by atoms with Crippen molar-refractivity contribution in [1.82, 2.24) is 4.98 Å². The van der Waals surface area contributed by atoms with Crippen molar-refractivity contribution in [3.05, 3.63) is 34.4 Å². The molecular formula is C11H10N2O4. The zero-order valence-corrected chi connectivity index (χ0v) is 9.34. The van der Waals surface area contributed by atoms with E-state index in [0.717, 1.165) is 0 Å². The Bertz CT molecular complexity index is 583. The first-order valence-electron chi connectivity index (χ1n) is 4.84. The Balaban J connectivity index is 2.89. The van der Waals surface area contributed by atoms with Crippen LogP contribution in [-0.4, -0.2) is 24.1 Å². The number of ether oxygens (including phenoxy) is 2. The van der Waals surface area contributed by atoms with Gasteiger partial charge in [0.2, 0.25) is 5.75 Å². The van der Waals surface area contributed by atoms with Crippen molar-refractivity contribution in [2.75, 3.05) is 14.2 Å². The minimum atomic E-state index is -0.558. The fourth-order valence-corrected chi connectivity index (χ4v) is 1.66. The molecule has 17 heavy (non-hydrogen) atoms. The highest BCUT2D eigenvalue weighted by molar-refractivity contribution is 5.90. The third-order valence-electron chi connectivity index (χ3n) is 2.37. The molecule has 6 heteroatoms. The van der Waals surface area contributed by atoms with Crippen molar-refractivity contribution in [2.45, 2.75) is 0 Å². The first-order valence-corrected chi connectivity index (χ1v) is 4.84. The van der Waals surface area contributed by atoms with Gasteiger partial charge in [-0.2, -0.15) is 0 Å². The van der Waals surface area contributed by atoms with E-state index in [1.54, 1.807) is 24.3 Å². The third-order valence-corrected chi connectivity index (χ3v) is 2.37. The molecule has 2 aromatic rings. The minimum absolute atomic E-state index is 0.0504. The van der Waals surface area contributed by atoms with Gasteiger partial charge in [0.25, 0.3) is 5.88 Å². The normalized spacial score (nSPS) is 10.2. The number of rotatable bonds is 3. The van der Waals surface area contributed by atoms with Crippen LogP contribution in [-0.2, 0) is 0 Å². The number of fused-ring (bicyclic) bond motifs is 1. The Morgan fingerprint density at radius 2 is 1.94 bits per heavy atom. The van der Waals surface area contributed by atoms with Gasteiger partial charge in [-0.05, 0) is 12.1 Å². The Hall–Kier alpha value is -2.37. The molecule has 2 rings (SSSR count). The molecular weight excluding hydrogens is 224 g/mol. The minimum Gasteiger partial charge on any atom is -0.490 e. The number of hydrogen-bond donors (Lipinski definition) is 0. The fraction of sp³-hybridized carbons (Fsp3) is 0.182. The Labute approximate surface area is 96.9 Å². The number of nitrogens with zero attached hydrogens (tertiary/aromatic N) is 2. The van der Waals surface area contributed by atoms with Crippen molar-refractivity contribution in [2.24, 2.45) is 0 Å². The number of para-hydroxylation sites is 1. The van der Waals surface area contributed by atoms with E-state index in [1.165, 1.54) is 14.2 Å². The Morgan fingerprint density at radius 3 is 2.53 bits per heavy atom. The van der Waals surface area contributed by atoms with Crippen LogP contribution in [0.25, 0.3) is 10.9 Å². The summed E-state index contributed by atoms with van der Waals surface area (Å²) in [7, 11) is 2.72. The van der Waals surface area contributed by atoms with Crippen LogP contribution in [0, 0.1) is 10.1 Å². The molecule has 0 aliphatic rings. The predicted octanol–water partition coefficient (Wildman–Crippen LogP) is 2.16. The Kier molecular flexibility index (Phi) is 2.78. The molecule has 0 saturated carbocycles. The monoisotopic (exact) mass is 234 g/mol. The molecule has 0 bridgehead atoms. The highest BCUT2D eigenvalue weighted by Gasteiger charge is 2.26. The van der Waals surface area contributed by atoms with E-state index in [9.17, 15) is 10.1 Å². The highest BCUT2D eigenvalue weighted by Crippen LogP contribution is 2.40. The van der Waals surface area contributed by atoms with Gasteiger partial charge in [0, 0.05) is 5.39 Å². The van der Waals surface area contributed by atoms with Gasteiger partial charge >= 0.3 is 5.69 Å². The second-order valence-electron chi connectivity index (χ2n) is 3.28. The Morgan fingerprint density at radius 1 is 1.24 bits per heavy atom. The maximum Gasteiger partial charge on any atom is 0.372 e. The van der Waals surface area contributed by atoms with Crippen LogP contribution in [0.2, 0.25) is 0 Å². The zero-order valence-electron chi connectivity index (χ0n) is 9.34. The summed E-state index contributed by atoms with van der Waals surface area (Å²) >= 11 is 0. The van der Waals surface area contributed by atoms with Gasteiger partial charge in [-0.25, -0.2) is 4.98 Å². The smallest absolute Gasteiger partial charge is 0.372 e. The molecule has 1 aromatic carbocycles. The van der Waals surface area contributed by atoms with E-state index in [1.807, 2.05) is 0 Å². The van der Waals surface area contributed by atoms with Crippen LogP contribution < -0.4 is 9.47 Å². The number of hydrogen-bond acceptors (Lipinski definition) is 5. The third kappa shape index (κ3) is 1.73. The van der Waals surface area contributed by atoms with Gasteiger partial charge in [0.05, 0.1) is 24.7 Å². The van der Waals surface area contributed by atoms with Crippen LogP contribution in [0.15, 0.2) is 24.3 Å². The van der Waals surface area contributed by atoms with E-state index in [2.05, 4.69) is 4.98 Å². The van der Waals surface area contributed by atoms with E-state index >= 15 is 0 Å². The molecule has 0 radical (unpaired) electrons. The molecule has 0 fully saturated rings. The molecule has 6 nitrogen and oxygen atoms in total.